The van der Waals surface area contributed by atoms with E-state index in [4.69, 9.17) is 0 Å². The third-order valence-corrected chi connectivity index (χ3v) is 4.60. The molecule has 3 rings (SSSR count). The number of hydrogen-bond donors (Lipinski definition) is 2. The molecule has 3 aliphatic rings. The summed E-state index contributed by atoms with van der Waals surface area (Å²) in [7, 11) is 0. The van der Waals surface area contributed by atoms with Gasteiger partial charge in [0, 0.05) is 6.54 Å². The predicted octanol–water partition coefficient (Wildman–Crippen LogP) is 0.851. The summed E-state index contributed by atoms with van der Waals surface area (Å²) >= 11 is 0. The first-order chi connectivity index (χ1) is 8.71. The van der Waals surface area contributed by atoms with Crippen molar-refractivity contribution in [1.82, 2.24) is 15.5 Å². The molecule has 1 saturated carbocycles. The monoisotopic (exact) mass is 251 g/mol. The first-order valence-electron chi connectivity index (χ1n) is 7.06. The summed E-state index contributed by atoms with van der Waals surface area (Å²) in [6.07, 6.45) is 5.86. The molecule has 18 heavy (non-hydrogen) atoms. The highest BCUT2D eigenvalue weighted by atomic mass is 16.2. The van der Waals surface area contributed by atoms with Gasteiger partial charge in [-0.25, -0.2) is 4.79 Å². The van der Waals surface area contributed by atoms with E-state index in [0.717, 1.165) is 51.6 Å². The average Bonchev–Trinajstić information content (AvgIpc) is 2.93. The number of carbonyl (C=O) groups excluding carboxylic acids is 2. The topological polar surface area (TPSA) is 61.4 Å². The van der Waals surface area contributed by atoms with Crippen LogP contribution in [0.4, 0.5) is 4.79 Å². The zero-order valence-electron chi connectivity index (χ0n) is 10.7. The summed E-state index contributed by atoms with van der Waals surface area (Å²) in [6.45, 7) is 2.60. The van der Waals surface area contributed by atoms with E-state index in [1.54, 1.807) is 0 Å². The number of nitrogens with one attached hydrogen (secondary N) is 2. The van der Waals surface area contributed by atoms with E-state index in [0.29, 0.717) is 12.5 Å². The van der Waals surface area contributed by atoms with Crippen molar-refractivity contribution in [2.75, 3.05) is 19.6 Å². The van der Waals surface area contributed by atoms with Gasteiger partial charge in [0.15, 0.2) is 0 Å². The van der Waals surface area contributed by atoms with Gasteiger partial charge in [0.05, 0.1) is 0 Å². The number of piperidine rings is 1. The van der Waals surface area contributed by atoms with Crippen molar-refractivity contribution in [2.45, 2.75) is 44.1 Å². The van der Waals surface area contributed by atoms with Crippen molar-refractivity contribution in [1.29, 1.82) is 0 Å². The van der Waals surface area contributed by atoms with Gasteiger partial charge in [0.25, 0.3) is 5.91 Å². The highest BCUT2D eigenvalue weighted by molar-refractivity contribution is 6.07. The average molecular weight is 251 g/mol. The maximum absolute atomic E-state index is 12.4. The van der Waals surface area contributed by atoms with E-state index in [1.807, 2.05) is 0 Å². The molecule has 0 aromatic carbocycles. The maximum atomic E-state index is 12.4. The van der Waals surface area contributed by atoms with Crippen LogP contribution in [-0.4, -0.2) is 42.0 Å². The fraction of sp³-hybridized carbons (Fsp3) is 0.846. The van der Waals surface area contributed by atoms with E-state index >= 15 is 0 Å². The number of carbonyl (C=O) groups is 2. The van der Waals surface area contributed by atoms with Crippen LogP contribution >= 0.6 is 0 Å². The second-order valence-electron chi connectivity index (χ2n) is 5.83. The van der Waals surface area contributed by atoms with E-state index in [1.165, 1.54) is 4.90 Å². The van der Waals surface area contributed by atoms with Crippen LogP contribution in [0.2, 0.25) is 0 Å². The smallest absolute Gasteiger partial charge is 0.323 e. The van der Waals surface area contributed by atoms with Crippen molar-refractivity contribution < 1.29 is 9.59 Å². The SMILES string of the molecule is O=C1NC2(CCCC2)C(=O)N1CC1CCNCC1. The third-order valence-electron chi connectivity index (χ3n) is 4.60. The molecule has 3 amide bonds. The van der Waals surface area contributed by atoms with Gasteiger partial charge in [-0.05, 0) is 44.7 Å². The molecule has 0 bridgehead atoms. The van der Waals surface area contributed by atoms with Crippen LogP contribution < -0.4 is 10.6 Å². The number of hydrogen-bond acceptors (Lipinski definition) is 3. The fourth-order valence-corrected chi connectivity index (χ4v) is 3.48. The highest BCUT2D eigenvalue weighted by Gasteiger charge is 2.52. The molecule has 2 N–H and O–H groups in total. The molecule has 0 radical (unpaired) electrons. The zero-order chi connectivity index (χ0) is 12.6. The van der Waals surface area contributed by atoms with Gasteiger partial charge in [0.2, 0.25) is 0 Å². The van der Waals surface area contributed by atoms with E-state index < -0.39 is 5.54 Å². The first-order valence-corrected chi connectivity index (χ1v) is 7.06. The summed E-state index contributed by atoms with van der Waals surface area (Å²) in [6, 6.07) is -0.166. The number of amides is 3. The van der Waals surface area contributed by atoms with Crippen LogP contribution in [0.5, 0.6) is 0 Å². The van der Waals surface area contributed by atoms with Gasteiger partial charge in [-0.15, -0.1) is 0 Å². The minimum Gasteiger partial charge on any atom is -0.323 e. The molecule has 100 valence electrons. The molecular weight excluding hydrogens is 230 g/mol. The molecule has 3 fully saturated rings. The van der Waals surface area contributed by atoms with Crippen LogP contribution in [0.25, 0.3) is 0 Å². The standard InChI is InChI=1S/C13H21N3O2/c17-11-13(5-1-2-6-13)15-12(18)16(11)9-10-3-7-14-8-4-10/h10,14H,1-9H2,(H,15,18). The van der Waals surface area contributed by atoms with E-state index in [-0.39, 0.29) is 11.9 Å². The van der Waals surface area contributed by atoms with Crippen LogP contribution in [0, 0.1) is 5.92 Å². The lowest BCUT2D eigenvalue weighted by Crippen LogP contribution is -2.44. The molecule has 5 nitrogen and oxygen atoms in total. The van der Waals surface area contributed by atoms with Gasteiger partial charge < -0.3 is 10.6 Å². The second kappa shape index (κ2) is 4.53. The summed E-state index contributed by atoms with van der Waals surface area (Å²) in [5.74, 6) is 0.501. The molecular formula is C13H21N3O2. The predicted molar refractivity (Wildman–Crippen MR) is 67.0 cm³/mol. The van der Waals surface area contributed by atoms with Crippen molar-refractivity contribution in [3.05, 3.63) is 0 Å². The molecule has 2 heterocycles. The van der Waals surface area contributed by atoms with Crippen LogP contribution in [0.1, 0.15) is 38.5 Å². The normalized spacial score (nSPS) is 28.1. The second-order valence-corrected chi connectivity index (χ2v) is 5.83. The Morgan fingerprint density at radius 1 is 1.17 bits per heavy atom. The van der Waals surface area contributed by atoms with Crippen LogP contribution in [-0.2, 0) is 4.79 Å². The number of rotatable bonds is 2. The Hall–Kier alpha value is -1.10. The Morgan fingerprint density at radius 2 is 1.83 bits per heavy atom. The van der Waals surface area contributed by atoms with Crippen molar-refractivity contribution >= 4 is 11.9 Å². The summed E-state index contributed by atoms with van der Waals surface area (Å²) in [5.41, 5.74) is -0.538. The lowest BCUT2D eigenvalue weighted by Gasteiger charge is -2.26. The molecule has 0 unspecified atom stereocenters. The van der Waals surface area contributed by atoms with Gasteiger partial charge >= 0.3 is 6.03 Å². The Morgan fingerprint density at radius 3 is 2.50 bits per heavy atom. The van der Waals surface area contributed by atoms with E-state index in [2.05, 4.69) is 10.6 Å². The number of nitrogens with zero attached hydrogens (tertiary/aromatic N) is 1. The molecule has 0 atom stereocenters. The van der Waals surface area contributed by atoms with Crippen LogP contribution in [0.3, 0.4) is 0 Å². The summed E-state index contributed by atoms with van der Waals surface area (Å²) in [5, 5.41) is 6.25. The Labute approximate surface area is 107 Å². The van der Waals surface area contributed by atoms with Gasteiger partial charge in [-0.2, -0.15) is 0 Å². The number of urea groups is 1. The van der Waals surface area contributed by atoms with Crippen molar-refractivity contribution in [2.24, 2.45) is 5.92 Å². The Bertz CT molecular complexity index is 357. The Balaban J connectivity index is 1.68. The summed E-state index contributed by atoms with van der Waals surface area (Å²) < 4.78 is 0. The largest absolute Gasteiger partial charge is 0.325 e. The maximum Gasteiger partial charge on any atom is 0.325 e. The highest BCUT2D eigenvalue weighted by Crippen LogP contribution is 2.35. The first kappa shape index (κ1) is 12.0. The van der Waals surface area contributed by atoms with Crippen molar-refractivity contribution in [3.8, 4) is 0 Å². The Kier molecular flexibility index (Phi) is 3.01. The minimum absolute atomic E-state index is 0.0310. The van der Waals surface area contributed by atoms with Crippen LogP contribution in [0.15, 0.2) is 0 Å². The lowest BCUT2D eigenvalue weighted by atomic mass is 9.95. The van der Waals surface area contributed by atoms with E-state index in [9.17, 15) is 9.59 Å². The molecule has 5 heteroatoms. The van der Waals surface area contributed by atoms with Gasteiger partial charge in [-0.1, -0.05) is 12.8 Å². The van der Waals surface area contributed by atoms with Gasteiger partial charge in [0.1, 0.15) is 5.54 Å². The molecule has 2 saturated heterocycles. The zero-order valence-corrected chi connectivity index (χ0v) is 10.7. The van der Waals surface area contributed by atoms with Crippen molar-refractivity contribution in [3.63, 3.8) is 0 Å². The summed E-state index contributed by atoms with van der Waals surface area (Å²) in [4.78, 5) is 25.9. The third kappa shape index (κ3) is 1.90. The molecule has 0 aromatic rings. The quantitative estimate of drug-likeness (QED) is 0.715. The molecule has 1 spiro atoms. The fourth-order valence-electron chi connectivity index (χ4n) is 3.48. The lowest BCUT2D eigenvalue weighted by molar-refractivity contribution is -0.131. The number of imide groups is 1. The molecule has 2 aliphatic heterocycles. The molecule has 1 aliphatic carbocycles. The van der Waals surface area contributed by atoms with Gasteiger partial charge in [-0.3, -0.25) is 9.69 Å². The molecule has 0 aromatic heterocycles. The minimum atomic E-state index is -0.538.